The molecular weight excluding hydrogens is 283 g/mol. The molecule has 0 aliphatic rings. The van der Waals surface area contributed by atoms with Crippen LogP contribution in [0, 0.1) is 0 Å². The molecule has 1 N–H and O–H groups in total. The molecule has 0 atom stereocenters. The minimum Gasteiger partial charge on any atom is -0.320 e. The summed E-state index contributed by atoms with van der Waals surface area (Å²) in [5.74, 6) is -0.207. The predicted molar refractivity (Wildman–Crippen MR) is 69.6 cm³/mol. The fraction of sp³-hybridized carbons (Fsp3) is 0.308. The highest BCUT2D eigenvalue weighted by Gasteiger charge is 2.36. The van der Waals surface area contributed by atoms with Crippen LogP contribution >= 0.6 is 0 Å². The highest BCUT2D eigenvalue weighted by atomic mass is 19.4. The van der Waals surface area contributed by atoms with Gasteiger partial charge in [0.05, 0.1) is 17.6 Å². The molecule has 2 heterocycles. The van der Waals surface area contributed by atoms with Gasteiger partial charge in [0.1, 0.15) is 11.6 Å². The molecule has 21 heavy (non-hydrogen) atoms. The van der Waals surface area contributed by atoms with Crippen molar-refractivity contribution in [2.75, 3.05) is 0 Å². The molecule has 3 rings (SSSR count). The number of imidazole rings is 1. The van der Waals surface area contributed by atoms with Gasteiger partial charge in [-0.05, 0) is 12.1 Å². The van der Waals surface area contributed by atoms with Gasteiger partial charge in [0.25, 0.3) is 5.82 Å². The third-order valence-electron chi connectivity index (χ3n) is 3.14. The van der Waals surface area contributed by atoms with Gasteiger partial charge >= 0.3 is 6.18 Å². The number of aromatic nitrogens is 5. The number of rotatable bonds is 3. The minimum absolute atomic E-state index is 0.153. The summed E-state index contributed by atoms with van der Waals surface area (Å²) in [6.45, 7) is 2.12. The third-order valence-corrected chi connectivity index (χ3v) is 3.14. The Bertz CT molecular complexity index is 772. The molecule has 0 aliphatic heterocycles. The Labute approximate surface area is 117 Å². The van der Waals surface area contributed by atoms with Crippen LogP contribution in [0.1, 0.15) is 24.4 Å². The Morgan fingerprint density at radius 2 is 1.95 bits per heavy atom. The normalized spacial score (nSPS) is 12.2. The number of aryl methyl sites for hydroxylation is 1. The second-order valence-electron chi connectivity index (χ2n) is 4.56. The van der Waals surface area contributed by atoms with E-state index in [1.165, 1.54) is 0 Å². The monoisotopic (exact) mass is 295 g/mol. The van der Waals surface area contributed by atoms with Crippen LogP contribution in [0.15, 0.2) is 24.3 Å². The van der Waals surface area contributed by atoms with E-state index in [9.17, 15) is 13.2 Å². The van der Waals surface area contributed by atoms with Crippen molar-refractivity contribution in [2.24, 2.45) is 0 Å². The van der Waals surface area contributed by atoms with Gasteiger partial charge in [0.2, 0.25) is 0 Å². The van der Waals surface area contributed by atoms with E-state index in [1.54, 1.807) is 0 Å². The number of hydrogen-bond acceptors (Lipinski definition) is 3. The van der Waals surface area contributed by atoms with E-state index >= 15 is 0 Å². The maximum Gasteiger partial charge on any atom is 0.453 e. The summed E-state index contributed by atoms with van der Waals surface area (Å²) in [5, 5.41) is 5.55. The number of nitrogens with one attached hydrogen (secondary N) is 1. The topological polar surface area (TPSA) is 59.4 Å². The van der Waals surface area contributed by atoms with E-state index in [0.29, 0.717) is 6.42 Å². The standard InChI is InChI=1S/C13H12F3N5/c1-2-11-17-8-5-3-4-6-9(8)21(11)7-10-18-12(20-19-10)13(14,15)16/h3-6H,2,7H2,1H3,(H,18,19,20). The first-order chi connectivity index (χ1) is 9.99. The number of nitrogens with zero attached hydrogens (tertiary/aromatic N) is 4. The number of alkyl halides is 3. The van der Waals surface area contributed by atoms with Gasteiger partial charge in [-0.25, -0.2) is 9.97 Å². The number of halogens is 3. The smallest absolute Gasteiger partial charge is 0.320 e. The van der Waals surface area contributed by atoms with Gasteiger partial charge in [0.15, 0.2) is 0 Å². The van der Waals surface area contributed by atoms with E-state index in [1.807, 2.05) is 35.8 Å². The van der Waals surface area contributed by atoms with E-state index in [0.717, 1.165) is 16.9 Å². The lowest BCUT2D eigenvalue weighted by Gasteiger charge is -2.05. The minimum atomic E-state index is -4.54. The van der Waals surface area contributed by atoms with Gasteiger partial charge in [0, 0.05) is 6.42 Å². The lowest BCUT2D eigenvalue weighted by Crippen LogP contribution is -2.08. The summed E-state index contributed by atoms with van der Waals surface area (Å²) in [7, 11) is 0. The van der Waals surface area contributed by atoms with Crippen molar-refractivity contribution < 1.29 is 13.2 Å². The molecule has 0 radical (unpaired) electrons. The zero-order chi connectivity index (χ0) is 15.0. The fourth-order valence-electron chi connectivity index (χ4n) is 2.21. The van der Waals surface area contributed by atoms with Crippen molar-refractivity contribution in [3.8, 4) is 0 Å². The predicted octanol–water partition coefficient (Wildman–Crippen LogP) is 2.78. The van der Waals surface area contributed by atoms with E-state index in [2.05, 4.69) is 20.2 Å². The largest absolute Gasteiger partial charge is 0.453 e. The number of hydrogen-bond donors (Lipinski definition) is 1. The van der Waals surface area contributed by atoms with Crippen LogP contribution in [0.4, 0.5) is 13.2 Å². The third kappa shape index (κ3) is 2.48. The molecule has 8 heteroatoms. The first-order valence-corrected chi connectivity index (χ1v) is 6.41. The Balaban J connectivity index is 1.99. The lowest BCUT2D eigenvalue weighted by molar-refractivity contribution is -0.144. The molecule has 0 fully saturated rings. The van der Waals surface area contributed by atoms with E-state index in [4.69, 9.17) is 0 Å². The van der Waals surface area contributed by atoms with E-state index in [-0.39, 0.29) is 12.4 Å². The van der Waals surface area contributed by atoms with E-state index < -0.39 is 12.0 Å². The van der Waals surface area contributed by atoms with Crippen molar-refractivity contribution in [3.05, 3.63) is 41.7 Å². The maximum absolute atomic E-state index is 12.5. The van der Waals surface area contributed by atoms with Crippen molar-refractivity contribution in [3.63, 3.8) is 0 Å². The Morgan fingerprint density at radius 1 is 1.19 bits per heavy atom. The second kappa shape index (κ2) is 4.87. The summed E-state index contributed by atoms with van der Waals surface area (Å²) in [4.78, 5) is 7.96. The average molecular weight is 295 g/mol. The Hall–Kier alpha value is -2.38. The van der Waals surface area contributed by atoms with Crippen LogP contribution < -0.4 is 0 Å². The summed E-state index contributed by atoms with van der Waals surface area (Å²) >= 11 is 0. The van der Waals surface area contributed by atoms with Gasteiger partial charge in [-0.3, -0.25) is 5.10 Å². The van der Waals surface area contributed by atoms with Gasteiger partial charge in [-0.15, -0.1) is 5.10 Å². The van der Waals surface area contributed by atoms with Crippen LogP contribution in [-0.4, -0.2) is 24.7 Å². The molecule has 5 nitrogen and oxygen atoms in total. The maximum atomic E-state index is 12.5. The number of aromatic amines is 1. The number of fused-ring (bicyclic) bond motifs is 1. The van der Waals surface area contributed by atoms with Gasteiger partial charge in [-0.1, -0.05) is 19.1 Å². The van der Waals surface area contributed by atoms with Gasteiger partial charge < -0.3 is 4.57 Å². The molecule has 0 amide bonds. The molecule has 0 saturated heterocycles. The number of benzene rings is 1. The van der Waals surface area contributed by atoms with Crippen molar-refractivity contribution >= 4 is 11.0 Å². The first kappa shape index (κ1) is 13.6. The zero-order valence-corrected chi connectivity index (χ0v) is 11.1. The summed E-state index contributed by atoms with van der Waals surface area (Å²) in [6, 6.07) is 7.48. The van der Waals surface area contributed by atoms with Crippen LogP contribution in [-0.2, 0) is 19.1 Å². The Kier molecular flexibility index (Phi) is 3.15. The molecule has 0 aliphatic carbocycles. The molecule has 110 valence electrons. The molecule has 2 aromatic heterocycles. The SMILES string of the molecule is CCc1nc2ccccc2n1Cc1nc(C(F)(F)F)n[nH]1. The van der Waals surface area contributed by atoms with Crippen LogP contribution in [0.25, 0.3) is 11.0 Å². The molecule has 0 bridgehead atoms. The number of para-hydroxylation sites is 2. The Morgan fingerprint density at radius 3 is 2.62 bits per heavy atom. The molecule has 1 aromatic carbocycles. The molecule has 0 saturated carbocycles. The molecular formula is C13H12F3N5. The first-order valence-electron chi connectivity index (χ1n) is 6.41. The molecule has 0 unspecified atom stereocenters. The van der Waals surface area contributed by atoms with Crippen LogP contribution in [0.3, 0.4) is 0 Å². The highest BCUT2D eigenvalue weighted by Crippen LogP contribution is 2.26. The van der Waals surface area contributed by atoms with Crippen LogP contribution in [0.5, 0.6) is 0 Å². The van der Waals surface area contributed by atoms with Crippen LogP contribution in [0.2, 0.25) is 0 Å². The van der Waals surface area contributed by atoms with Crippen molar-refractivity contribution in [1.82, 2.24) is 24.7 Å². The van der Waals surface area contributed by atoms with Crippen molar-refractivity contribution in [2.45, 2.75) is 26.1 Å². The highest BCUT2D eigenvalue weighted by molar-refractivity contribution is 5.75. The summed E-state index contributed by atoms with van der Waals surface area (Å²) < 4.78 is 39.4. The quantitative estimate of drug-likeness (QED) is 0.808. The summed E-state index contributed by atoms with van der Waals surface area (Å²) in [6.07, 6.45) is -3.87. The number of H-pyrrole nitrogens is 1. The average Bonchev–Trinajstić information content (AvgIpc) is 3.04. The fourth-order valence-corrected chi connectivity index (χ4v) is 2.21. The zero-order valence-electron chi connectivity index (χ0n) is 11.1. The van der Waals surface area contributed by atoms with Gasteiger partial charge in [-0.2, -0.15) is 13.2 Å². The lowest BCUT2D eigenvalue weighted by atomic mass is 10.3. The summed E-state index contributed by atoms with van der Waals surface area (Å²) in [5.41, 5.74) is 1.67. The second-order valence-corrected chi connectivity index (χ2v) is 4.56. The molecule has 0 spiro atoms. The van der Waals surface area contributed by atoms with Crippen molar-refractivity contribution in [1.29, 1.82) is 0 Å². The molecule has 3 aromatic rings.